The molecule has 2 aromatic rings. The first-order valence-corrected chi connectivity index (χ1v) is 8.77. The maximum absolute atomic E-state index is 12.2. The Morgan fingerprint density at radius 1 is 1.14 bits per heavy atom. The number of benzene rings is 2. The van der Waals surface area contributed by atoms with E-state index in [1.165, 1.54) is 18.0 Å². The van der Waals surface area contributed by atoms with Gasteiger partial charge in [-0.1, -0.05) is 30.3 Å². The van der Waals surface area contributed by atoms with E-state index < -0.39 is 11.8 Å². The highest BCUT2D eigenvalue weighted by Crippen LogP contribution is 2.17. The van der Waals surface area contributed by atoms with Crippen molar-refractivity contribution >= 4 is 46.8 Å². The minimum Gasteiger partial charge on any atom is -0.484 e. The van der Waals surface area contributed by atoms with Crippen molar-refractivity contribution < 1.29 is 19.1 Å². The van der Waals surface area contributed by atoms with Crippen LogP contribution in [0.15, 0.2) is 60.2 Å². The fraction of sp³-hybridized carbons (Fsp3) is 0.100. The average molecular weight is 395 g/mol. The van der Waals surface area contributed by atoms with E-state index in [0.717, 1.165) is 0 Å². The Bertz CT molecular complexity index is 955. The number of thiocarbonyl (C=S) groups is 1. The summed E-state index contributed by atoms with van der Waals surface area (Å²) in [6.07, 6.45) is 1.47. The van der Waals surface area contributed by atoms with Crippen LogP contribution in [0.2, 0.25) is 0 Å². The van der Waals surface area contributed by atoms with Crippen LogP contribution < -0.4 is 15.4 Å². The van der Waals surface area contributed by atoms with E-state index in [1.54, 1.807) is 36.4 Å². The molecule has 0 saturated carbocycles. The van der Waals surface area contributed by atoms with Crippen molar-refractivity contribution in [1.82, 2.24) is 10.2 Å². The number of carbonyl (C=O) groups excluding carboxylic acids is 3. The van der Waals surface area contributed by atoms with E-state index in [1.807, 2.05) is 18.2 Å². The number of hydrogen-bond acceptors (Lipinski definition) is 5. The molecule has 1 fully saturated rings. The van der Waals surface area contributed by atoms with Crippen molar-refractivity contribution in [3.8, 4) is 5.75 Å². The Morgan fingerprint density at radius 3 is 2.50 bits per heavy atom. The third kappa shape index (κ3) is 4.60. The van der Waals surface area contributed by atoms with Crippen LogP contribution in [0.25, 0.3) is 6.08 Å². The summed E-state index contributed by atoms with van der Waals surface area (Å²) in [4.78, 5) is 37.3. The molecule has 142 valence electrons. The molecule has 7 nitrogen and oxygen atoms in total. The monoisotopic (exact) mass is 395 g/mol. The van der Waals surface area contributed by atoms with Crippen molar-refractivity contribution in [2.75, 3.05) is 19.0 Å². The molecule has 1 heterocycles. The lowest BCUT2D eigenvalue weighted by Crippen LogP contribution is -2.52. The summed E-state index contributed by atoms with van der Waals surface area (Å²) in [5, 5.41) is 5.25. The van der Waals surface area contributed by atoms with Gasteiger partial charge in [-0.05, 0) is 48.1 Å². The van der Waals surface area contributed by atoms with Crippen LogP contribution in [0.4, 0.5) is 5.69 Å². The highest BCUT2D eigenvalue weighted by molar-refractivity contribution is 7.80. The molecule has 0 bridgehead atoms. The van der Waals surface area contributed by atoms with Gasteiger partial charge in [0.15, 0.2) is 11.7 Å². The van der Waals surface area contributed by atoms with E-state index in [0.29, 0.717) is 17.0 Å². The van der Waals surface area contributed by atoms with Crippen LogP contribution in [0, 0.1) is 0 Å². The molecular weight excluding hydrogens is 378 g/mol. The summed E-state index contributed by atoms with van der Waals surface area (Å²) in [6, 6.07) is 15.8. The Labute approximate surface area is 167 Å². The predicted molar refractivity (Wildman–Crippen MR) is 108 cm³/mol. The van der Waals surface area contributed by atoms with E-state index in [9.17, 15) is 14.4 Å². The number of ether oxygens (including phenoxy) is 1. The summed E-state index contributed by atoms with van der Waals surface area (Å²) in [7, 11) is 1.50. The predicted octanol–water partition coefficient (Wildman–Crippen LogP) is 1.96. The largest absolute Gasteiger partial charge is 0.484 e. The number of para-hydroxylation sites is 1. The summed E-state index contributed by atoms with van der Waals surface area (Å²) in [5.74, 6) is -0.790. The molecule has 2 N–H and O–H groups in total. The number of nitrogens with zero attached hydrogens (tertiary/aromatic N) is 1. The number of anilines is 1. The van der Waals surface area contributed by atoms with E-state index in [-0.39, 0.29) is 23.2 Å². The minimum absolute atomic E-state index is 0.00740. The van der Waals surface area contributed by atoms with Crippen LogP contribution in [-0.2, 0) is 14.4 Å². The van der Waals surface area contributed by atoms with Gasteiger partial charge < -0.3 is 10.1 Å². The zero-order valence-electron chi connectivity index (χ0n) is 15.0. The molecule has 2 aromatic carbocycles. The topological polar surface area (TPSA) is 87.7 Å². The van der Waals surface area contributed by atoms with E-state index >= 15 is 0 Å². The van der Waals surface area contributed by atoms with Crippen molar-refractivity contribution in [3.63, 3.8) is 0 Å². The third-order valence-corrected chi connectivity index (χ3v) is 4.30. The molecule has 3 amide bonds. The van der Waals surface area contributed by atoms with Crippen LogP contribution >= 0.6 is 12.2 Å². The van der Waals surface area contributed by atoms with Gasteiger partial charge in [0.05, 0.1) is 0 Å². The first kappa shape index (κ1) is 19.2. The van der Waals surface area contributed by atoms with Crippen LogP contribution in [0.5, 0.6) is 5.75 Å². The van der Waals surface area contributed by atoms with Crippen LogP contribution in [0.3, 0.4) is 0 Å². The smallest absolute Gasteiger partial charge is 0.265 e. The lowest BCUT2D eigenvalue weighted by molar-refractivity contribution is -0.128. The number of nitrogens with one attached hydrogen (secondary N) is 2. The van der Waals surface area contributed by atoms with Crippen LogP contribution in [0.1, 0.15) is 5.56 Å². The van der Waals surface area contributed by atoms with Crippen molar-refractivity contribution in [1.29, 1.82) is 0 Å². The maximum Gasteiger partial charge on any atom is 0.265 e. The van der Waals surface area contributed by atoms with Gasteiger partial charge in [-0.3, -0.25) is 24.6 Å². The molecule has 0 aromatic heterocycles. The Kier molecular flexibility index (Phi) is 5.81. The number of carbonyl (C=O) groups is 3. The number of hydrogen-bond donors (Lipinski definition) is 2. The second-order valence-electron chi connectivity index (χ2n) is 5.95. The molecule has 0 spiro atoms. The third-order valence-electron chi connectivity index (χ3n) is 3.92. The average Bonchev–Trinajstić information content (AvgIpc) is 2.70. The zero-order valence-corrected chi connectivity index (χ0v) is 15.8. The quantitative estimate of drug-likeness (QED) is 0.459. The normalized spacial score (nSPS) is 15.4. The Morgan fingerprint density at radius 2 is 1.82 bits per heavy atom. The SMILES string of the molecule is CN1C(=O)/C(=C/c2ccc(OCC(=O)Nc3ccccc3)cc2)C(=O)NC1=S. The lowest BCUT2D eigenvalue weighted by Gasteiger charge is -2.25. The van der Waals surface area contributed by atoms with Crippen molar-refractivity contribution in [2.24, 2.45) is 0 Å². The maximum atomic E-state index is 12.2. The standard InChI is InChI=1S/C20H17N3O4S/c1-23-19(26)16(18(25)22-20(23)28)11-13-7-9-15(10-8-13)27-12-17(24)21-14-5-3-2-4-6-14/h2-11H,12H2,1H3,(H,21,24)(H,22,25,28)/b16-11+. The van der Waals surface area contributed by atoms with Gasteiger partial charge in [0.2, 0.25) is 0 Å². The number of likely N-dealkylation sites (N-methyl/N-ethyl adjacent to an activating group) is 1. The van der Waals surface area contributed by atoms with Gasteiger partial charge in [-0.2, -0.15) is 0 Å². The highest BCUT2D eigenvalue weighted by Gasteiger charge is 2.30. The van der Waals surface area contributed by atoms with Gasteiger partial charge in [0.1, 0.15) is 11.3 Å². The van der Waals surface area contributed by atoms with Gasteiger partial charge in [-0.25, -0.2) is 0 Å². The van der Waals surface area contributed by atoms with Gasteiger partial charge in [-0.15, -0.1) is 0 Å². The van der Waals surface area contributed by atoms with Gasteiger partial charge in [0, 0.05) is 12.7 Å². The second kappa shape index (κ2) is 8.45. The summed E-state index contributed by atoms with van der Waals surface area (Å²) >= 11 is 4.91. The summed E-state index contributed by atoms with van der Waals surface area (Å²) in [6.45, 7) is -0.140. The van der Waals surface area contributed by atoms with Crippen LogP contribution in [-0.4, -0.2) is 41.4 Å². The highest BCUT2D eigenvalue weighted by atomic mass is 32.1. The number of rotatable bonds is 5. The zero-order chi connectivity index (χ0) is 20.1. The second-order valence-corrected chi connectivity index (χ2v) is 6.34. The van der Waals surface area contributed by atoms with Gasteiger partial charge >= 0.3 is 0 Å². The first-order valence-electron chi connectivity index (χ1n) is 8.37. The molecule has 0 aliphatic carbocycles. The van der Waals surface area contributed by atoms with Gasteiger partial charge in [0.25, 0.3) is 17.7 Å². The molecule has 1 aliphatic heterocycles. The fourth-order valence-electron chi connectivity index (χ4n) is 2.44. The molecule has 8 heteroatoms. The summed E-state index contributed by atoms with van der Waals surface area (Å²) in [5.41, 5.74) is 1.32. The van der Waals surface area contributed by atoms with Crippen molar-refractivity contribution in [3.05, 3.63) is 65.7 Å². The molecule has 1 aliphatic rings. The van der Waals surface area contributed by atoms with Crippen molar-refractivity contribution in [2.45, 2.75) is 0 Å². The molecule has 3 rings (SSSR count). The molecular formula is C20H17N3O4S. The molecule has 28 heavy (non-hydrogen) atoms. The number of amides is 3. The minimum atomic E-state index is -0.536. The summed E-state index contributed by atoms with van der Waals surface area (Å²) < 4.78 is 5.45. The first-order chi connectivity index (χ1) is 13.4. The lowest BCUT2D eigenvalue weighted by atomic mass is 10.1. The Balaban J connectivity index is 1.60. The van der Waals surface area contributed by atoms with E-state index in [2.05, 4.69) is 10.6 Å². The Hall–Kier alpha value is -3.52. The molecule has 0 atom stereocenters. The fourth-order valence-corrected chi connectivity index (χ4v) is 2.62. The molecule has 1 saturated heterocycles. The van der Waals surface area contributed by atoms with E-state index in [4.69, 9.17) is 17.0 Å². The molecule has 0 unspecified atom stereocenters. The molecule has 0 radical (unpaired) electrons.